The summed E-state index contributed by atoms with van der Waals surface area (Å²) in [5.74, 6) is 0. The molecule has 28 heavy (non-hydrogen) atoms. The fourth-order valence-electron chi connectivity index (χ4n) is 2.73. The molecule has 0 aliphatic heterocycles. The summed E-state index contributed by atoms with van der Waals surface area (Å²) in [6.45, 7) is 5.21. The minimum Gasteiger partial charge on any atom is -0.216 e. The predicted molar refractivity (Wildman–Crippen MR) is 123 cm³/mol. The first kappa shape index (κ1) is 26.8. The van der Waals surface area contributed by atoms with Crippen LogP contribution in [0.1, 0.15) is 84.5 Å². The van der Waals surface area contributed by atoms with E-state index in [2.05, 4.69) is 55.5 Å². The maximum Gasteiger partial charge on any atom is 0.276 e. The Morgan fingerprint density at radius 1 is 0.643 bits per heavy atom. The fraction of sp³-hybridized carbons (Fsp3) is 0.652. The molecule has 0 amide bonds. The van der Waals surface area contributed by atoms with Crippen molar-refractivity contribution in [2.45, 2.75) is 84.5 Å². The zero-order chi connectivity index (χ0) is 20.9. The van der Waals surface area contributed by atoms with Crippen molar-refractivity contribution in [1.29, 1.82) is 0 Å². The maximum absolute atomic E-state index is 11.4. The van der Waals surface area contributed by atoms with Gasteiger partial charge < -0.3 is 0 Å². The number of rotatable bonds is 18. The van der Waals surface area contributed by atoms with Crippen LogP contribution in [0.2, 0.25) is 0 Å². The van der Waals surface area contributed by atoms with Gasteiger partial charge in [0.15, 0.2) is 0 Å². The summed E-state index contributed by atoms with van der Waals surface area (Å²) in [5, 5.41) is 5.21. The molecule has 0 fully saturated rings. The van der Waals surface area contributed by atoms with Gasteiger partial charge in [-0.05, 0) is 57.8 Å². The summed E-state index contributed by atoms with van der Waals surface area (Å²) in [6.07, 6.45) is 29.4. The Labute approximate surface area is 174 Å². The Bertz CT molecular complexity index is 563. The molecule has 0 aliphatic rings. The summed E-state index contributed by atoms with van der Waals surface area (Å²) in [4.78, 5) is 0. The fourth-order valence-corrected chi connectivity index (χ4v) is 3.55. The van der Waals surface area contributed by atoms with Gasteiger partial charge in [-0.25, -0.2) is 5.14 Å². The molecule has 0 aromatic heterocycles. The standard InChI is InChI=1S/C23H42N2O2S/c1-3-5-6-7-8-9-10-11-12-13-14-15-16-17-18-19-20-21-23-25(22-4-2)28(24,26)27/h8-9,11-12,14-15,17-18H,3-7,10,13,16,19-23H2,1-2H3,(H2,24,26,27). The van der Waals surface area contributed by atoms with E-state index in [-0.39, 0.29) is 0 Å². The molecule has 0 heterocycles. The van der Waals surface area contributed by atoms with E-state index in [4.69, 9.17) is 5.14 Å². The minimum atomic E-state index is -3.55. The van der Waals surface area contributed by atoms with Gasteiger partial charge in [0.2, 0.25) is 0 Å². The van der Waals surface area contributed by atoms with Crippen molar-refractivity contribution < 1.29 is 8.42 Å². The molecule has 0 aromatic carbocycles. The van der Waals surface area contributed by atoms with Gasteiger partial charge in [-0.2, -0.15) is 12.7 Å². The first-order chi connectivity index (χ1) is 13.5. The quantitative estimate of drug-likeness (QED) is 0.221. The van der Waals surface area contributed by atoms with Gasteiger partial charge in [-0.3, -0.25) is 0 Å². The lowest BCUT2D eigenvalue weighted by Gasteiger charge is -2.18. The molecule has 5 heteroatoms. The molecule has 0 bridgehead atoms. The highest BCUT2D eigenvalue weighted by Gasteiger charge is 2.14. The molecule has 0 saturated heterocycles. The van der Waals surface area contributed by atoms with E-state index in [0.717, 1.165) is 44.9 Å². The highest BCUT2D eigenvalue weighted by molar-refractivity contribution is 7.86. The van der Waals surface area contributed by atoms with Gasteiger partial charge in [-0.1, -0.05) is 75.3 Å². The van der Waals surface area contributed by atoms with Crippen molar-refractivity contribution in [3.05, 3.63) is 48.6 Å². The average Bonchev–Trinajstić information content (AvgIpc) is 2.65. The van der Waals surface area contributed by atoms with E-state index in [1.807, 2.05) is 6.92 Å². The number of unbranched alkanes of at least 4 members (excludes halogenated alkanes) is 5. The Kier molecular flexibility index (Phi) is 18.4. The summed E-state index contributed by atoms with van der Waals surface area (Å²) in [7, 11) is -3.55. The number of nitrogens with two attached hydrogens (primary N) is 1. The maximum atomic E-state index is 11.4. The van der Waals surface area contributed by atoms with Crippen molar-refractivity contribution >= 4 is 10.2 Å². The molecule has 0 atom stereocenters. The number of nitrogens with zero attached hydrogens (tertiary/aromatic N) is 1. The lowest BCUT2D eigenvalue weighted by Crippen LogP contribution is -2.37. The van der Waals surface area contributed by atoms with Crippen LogP contribution in [0, 0.1) is 0 Å². The van der Waals surface area contributed by atoms with Crippen LogP contribution in [0.4, 0.5) is 0 Å². The van der Waals surface area contributed by atoms with Crippen molar-refractivity contribution in [3.8, 4) is 0 Å². The van der Waals surface area contributed by atoms with E-state index < -0.39 is 10.2 Å². The summed E-state index contributed by atoms with van der Waals surface area (Å²) in [5.41, 5.74) is 0. The van der Waals surface area contributed by atoms with E-state index >= 15 is 0 Å². The monoisotopic (exact) mass is 410 g/mol. The zero-order valence-corrected chi connectivity index (χ0v) is 18.9. The van der Waals surface area contributed by atoms with Crippen molar-refractivity contribution in [2.75, 3.05) is 13.1 Å². The molecule has 0 spiro atoms. The van der Waals surface area contributed by atoms with Crippen molar-refractivity contribution in [1.82, 2.24) is 4.31 Å². The summed E-state index contributed by atoms with van der Waals surface area (Å²) >= 11 is 0. The first-order valence-electron chi connectivity index (χ1n) is 10.9. The molecule has 0 aliphatic carbocycles. The molecule has 0 radical (unpaired) electrons. The summed E-state index contributed by atoms with van der Waals surface area (Å²) in [6, 6.07) is 0. The van der Waals surface area contributed by atoms with Crippen LogP contribution >= 0.6 is 0 Å². The molecule has 162 valence electrons. The largest absolute Gasteiger partial charge is 0.276 e. The van der Waals surface area contributed by atoms with E-state index in [1.165, 1.54) is 30.0 Å². The molecule has 0 unspecified atom stereocenters. The molecule has 0 aromatic rings. The van der Waals surface area contributed by atoms with Crippen LogP contribution in [0.3, 0.4) is 0 Å². The minimum absolute atomic E-state index is 0.503. The van der Waals surface area contributed by atoms with E-state index in [0.29, 0.717) is 13.1 Å². The first-order valence-corrected chi connectivity index (χ1v) is 12.4. The molecule has 0 saturated carbocycles. The highest BCUT2D eigenvalue weighted by Crippen LogP contribution is 2.04. The Balaban J connectivity index is 3.65. The third-order valence-corrected chi connectivity index (χ3v) is 5.40. The van der Waals surface area contributed by atoms with Crippen LogP contribution in [-0.2, 0) is 10.2 Å². The Morgan fingerprint density at radius 3 is 1.54 bits per heavy atom. The van der Waals surface area contributed by atoms with Gasteiger partial charge in [0.05, 0.1) is 0 Å². The predicted octanol–water partition coefficient (Wildman–Crippen LogP) is 6.05. The van der Waals surface area contributed by atoms with E-state index in [1.54, 1.807) is 0 Å². The van der Waals surface area contributed by atoms with Crippen LogP contribution in [0.5, 0.6) is 0 Å². The number of allylic oxidation sites excluding steroid dienone is 8. The smallest absolute Gasteiger partial charge is 0.216 e. The molecular formula is C23H42N2O2S. The normalized spacial score (nSPS) is 13.3. The Morgan fingerprint density at radius 2 is 1.11 bits per heavy atom. The highest BCUT2D eigenvalue weighted by atomic mass is 32.2. The van der Waals surface area contributed by atoms with E-state index in [9.17, 15) is 8.42 Å². The Hall–Kier alpha value is -1.17. The second-order valence-electron chi connectivity index (χ2n) is 7.03. The average molecular weight is 411 g/mol. The molecule has 2 N–H and O–H groups in total. The second-order valence-corrected chi connectivity index (χ2v) is 8.57. The van der Waals surface area contributed by atoms with Gasteiger partial charge in [0.25, 0.3) is 10.2 Å². The van der Waals surface area contributed by atoms with Gasteiger partial charge in [0.1, 0.15) is 0 Å². The van der Waals surface area contributed by atoms with Crippen LogP contribution in [-0.4, -0.2) is 25.8 Å². The van der Waals surface area contributed by atoms with Gasteiger partial charge >= 0.3 is 0 Å². The number of hydrogen-bond acceptors (Lipinski definition) is 2. The topological polar surface area (TPSA) is 63.4 Å². The van der Waals surface area contributed by atoms with Crippen LogP contribution < -0.4 is 5.14 Å². The lowest BCUT2D eigenvalue weighted by atomic mass is 10.2. The number of hydrogen-bond donors (Lipinski definition) is 1. The van der Waals surface area contributed by atoms with Crippen molar-refractivity contribution in [2.24, 2.45) is 5.14 Å². The summed E-state index contributed by atoms with van der Waals surface area (Å²) < 4.78 is 24.2. The molecular weight excluding hydrogens is 368 g/mol. The van der Waals surface area contributed by atoms with Crippen LogP contribution in [0.15, 0.2) is 48.6 Å². The third-order valence-electron chi connectivity index (χ3n) is 4.32. The third kappa shape index (κ3) is 18.2. The SMILES string of the molecule is CCCCCC=CCC=CCC=CCC=CCCCCN(CCC)S(N)(=O)=O. The molecule has 4 nitrogen and oxygen atoms in total. The zero-order valence-electron chi connectivity index (χ0n) is 18.1. The lowest BCUT2D eigenvalue weighted by molar-refractivity contribution is 0.401. The second kappa shape index (κ2) is 19.2. The van der Waals surface area contributed by atoms with Gasteiger partial charge in [0, 0.05) is 13.1 Å². The van der Waals surface area contributed by atoms with Crippen molar-refractivity contribution in [3.63, 3.8) is 0 Å². The van der Waals surface area contributed by atoms with Gasteiger partial charge in [-0.15, -0.1) is 0 Å². The molecule has 0 rings (SSSR count). The van der Waals surface area contributed by atoms with Crippen LogP contribution in [0.25, 0.3) is 0 Å².